The molecule has 3 heterocycles. The van der Waals surface area contributed by atoms with Gasteiger partial charge in [0.1, 0.15) is 10.9 Å². The van der Waals surface area contributed by atoms with E-state index in [4.69, 9.17) is 9.26 Å². The zero-order chi connectivity index (χ0) is 16.4. The SMILES string of the molecule is Cc1noc(C(NC(=O)c2sc(C)nc2C)C2CCOCC2)n1. The van der Waals surface area contributed by atoms with E-state index in [0.717, 1.165) is 23.5 Å². The first-order valence-electron chi connectivity index (χ1n) is 7.67. The van der Waals surface area contributed by atoms with E-state index >= 15 is 0 Å². The van der Waals surface area contributed by atoms with E-state index in [1.807, 2.05) is 13.8 Å². The van der Waals surface area contributed by atoms with Crippen molar-refractivity contribution in [2.75, 3.05) is 13.2 Å². The molecule has 23 heavy (non-hydrogen) atoms. The Hall–Kier alpha value is -1.80. The second kappa shape index (κ2) is 6.76. The third kappa shape index (κ3) is 3.59. The Morgan fingerprint density at radius 1 is 1.26 bits per heavy atom. The van der Waals surface area contributed by atoms with Crippen LogP contribution in [0, 0.1) is 26.7 Å². The highest BCUT2D eigenvalue weighted by atomic mass is 32.1. The van der Waals surface area contributed by atoms with Gasteiger partial charge < -0.3 is 14.6 Å². The van der Waals surface area contributed by atoms with Gasteiger partial charge in [-0.2, -0.15) is 4.98 Å². The minimum absolute atomic E-state index is 0.138. The van der Waals surface area contributed by atoms with Crippen molar-refractivity contribution < 1.29 is 14.1 Å². The minimum Gasteiger partial charge on any atom is -0.381 e. The molecule has 0 saturated carbocycles. The van der Waals surface area contributed by atoms with Crippen molar-refractivity contribution >= 4 is 17.2 Å². The summed E-state index contributed by atoms with van der Waals surface area (Å²) < 4.78 is 10.7. The van der Waals surface area contributed by atoms with Crippen LogP contribution in [0.1, 0.15) is 51.0 Å². The van der Waals surface area contributed by atoms with Gasteiger partial charge in [-0.1, -0.05) is 5.16 Å². The molecule has 2 aromatic rings. The summed E-state index contributed by atoms with van der Waals surface area (Å²) in [6.07, 6.45) is 1.71. The van der Waals surface area contributed by atoms with Gasteiger partial charge in [-0.25, -0.2) is 4.98 Å². The predicted octanol–water partition coefficient (Wildman–Crippen LogP) is 2.35. The average Bonchev–Trinajstić information content (AvgIpc) is 3.11. The van der Waals surface area contributed by atoms with Gasteiger partial charge in [0.15, 0.2) is 5.82 Å². The molecule has 1 unspecified atom stereocenters. The lowest BCUT2D eigenvalue weighted by Gasteiger charge is -2.28. The zero-order valence-electron chi connectivity index (χ0n) is 13.5. The van der Waals surface area contributed by atoms with Crippen LogP contribution < -0.4 is 5.32 Å². The third-order valence-electron chi connectivity index (χ3n) is 3.94. The number of rotatable bonds is 4. The summed E-state index contributed by atoms with van der Waals surface area (Å²) in [6.45, 7) is 6.88. The normalized spacial score (nSPS) is 17.2. The van der Waals surface area contributed by atoms with Crippen molar-refractivity contribution in [1.29, 1.82) is 0 Å². The van der Waals surface area contributed by atoms with Crippen LogP contribution in [0.4, 0.5) is 0 Å². The molecular weight excluding hydrogens is 316 g/mol. The Morgan fingerprint density at radius 3 is 2.57 bits per heavy atom. The first-order valence-corrected chi connectivity index (χ1v) is 8.49. The standard InChI is InChI=1S/C15H20N4O3S/c1-8-13(23-10(3)16-8)14(20)18-12(11-4-6-21-7-5-11)15-17-9(2)19-22-15/h11-12H,4-7H2,1-3H3,(H,18,20). The van der Waals surface area contributed by atoms with Gasteiger partial charge in [0, 0.05) is 13.2 Å². The smallest absolute Gasteiger partial charge is 0.263 e. The van der Waals surface area contributed by atoms with Crippen molar-refractivity contribution in [2.24, 2.45) is 5.92 Å². The number of carbonyl (C=O) groups is 1. The number of hydrogen-bond donors (Lipinski definition) is 1. The second-order valence-corrected chi connectivity index (χ2v) is 6.93. The van der Waals surface area contributed by atoms with Crippen molar-refractivity contribution in [3.05, 3.63) is 27.3 Å². The number of carbonyl (C=O) groups excluding carboxylic acids is 1. The molecule has 2 aromatic heterocycles. The van der Waals surface area contributed by atoms with Gasteiger partial charge in [-0.15, -0.1) is 11.3 Å². The van der Waals surface area contributed by atoms with Gasteiger partial charge in [0.2, 0.25) is 5.89 Å². The number of ether oxygens (including phenoxy) is 1. The van der Waals surface area contributed by atoms with Crippen molar-refractivity contribution in [1.82, 2.24) is 20.4 Å². The van der Waals surface area contributed by atoms with Gasteiger partial charge in [0.05, 0.1) is 10.7 Å². The summed E-state index contributed by atoms with van der Waals surface area (Å²) in [5.41, 5.74) is 0.748. The Balaban J connectivity index is 1.83. The zero-order valence-corrected chi connectivity index (χ0v) is 14.3. The summed E-state index contributed by atoms with van der Waals surface area (Å²) in [5, 5.41) is 7.80. The summed E-state index contributed by atoms with van der Waals surface area (Å²) in [6, 6.07) is -0.297. The Labute approximate surface area is 138 Å². The first-order chi connectivity index (χ1) is 11.0. The lowest BCUT2D eigenvalue weighted by molar-refractivity contribution is 0.0468. The van der Waals surface area contributed by atoms with Gasteiger partial charge >= 0.3 is 0 Å². The van der Waals surface area contributed by atoms with Crippen molar-refractivity contribution in [3.8, 4) is 0 Å². The van der Waals surface area contributed by atoms with Crippen LogP contribution in [0.2, 0.25) is 0 Å². The number of amides is 1. The topological polar surface area (TPSA) is 90.1 Å². The van der Waals surface area contributed by atoms with E-state index in [2.05, 4.69) is 20.4 Å². The molecule has 1 fully saturated rings. The molecule has 0 aromatic carbocycles. The number of nitrogens with zero attached hydrogens (tertiary/aromatic N) is 3. The average molecular weight is 336 g/mol. The molecule has 1 amide bonds. The van der Waals surface area contributed by atoms with E-state index in [-0.39, 0.29) is 17.9 Å². The fourth-order valence-corrected chi connectivity index (χ4v) is 3.64. The van der Waals surface area contributed by atoms with Crippen LogP contribution in [0.25, 0.3) is 0 Å². The molecule has 0 bridgehead atoms. The summed E-state index contributed by atoms with van der Waals surface area (Å²) in [7, 11) is 0. The van der Waals surface area contributed by atoms with Crippen LogP contribution in [0.15, 0.2) is 4.52 Å². The number of aromatic nitrogens is 3. The van der Waals surface area contributed by atoms with Gasteiger partial charge in [0.25, 0.3) is 5.91 Å². The molecule has 7 nitrogen and oxygen atoms in total. The lowest BCUT2D eigenvalue weighted by atomic mass is 9.91. The maximum Gasteiger partial charge on any atom is 0.263 e. The number of thiazole rings is 1. The maximum atomic E-state index is 12.7. The minimum atomic E-state index is -0.297. The second-order valence-electron chi connectivity index (χ2n) is 5.73. The summed E-state index contributed by atoms with van der Waals surface area (Å²) in [4.78, 5) is 21.9. The molecule has 0 radical (unpaired) electrons. The first kappa shape index (κ1) is 16.1. The predicted molar refractivity (Wildman–Crippen MR) is 84.4 cm³/mol. The molecule has 1 aliphatic heterocycles. The quantitative estimate of drug-likeness (QED) is 0.922. The molecule has 1 aliphatic rings. The van der Waals surface area contributed by atoms with E-state index in [1.165, 1.54) is 11.3 Å². The molecule has 0 spiro atoms. The molecule has 124 valence electrons. The Bertz CT molecular complexity index is 691. The fourth-order valence-electron chi connectivity index (χ4n) is 2.82. The Morgan fingerprint density at radius 2 is 2.00 bits per heavy atom. The van der Waals surface area contributed by atoms with Crippen LogP contribution >= 0.6 is 11.3 Å². The number of aryl methyl sites for hydroxylation is 3. The highest BCUT2D eigenvalue weighted by Gasteiger charge is 2.32. The molecule has 1 N–H and O–H groups in total. The molecule has 1 saturated heterocycles. The summed E-state index contributed by atoms with van der Waals surface area (Å²) >= 11 is 1.40. The monoisotopic (exact) mass is 336 g/mol. The van der Waals surface area contributed by atoms with Gasteiger partial charge in [-0.3, -0.25) is 4.79 Å². The lowest BCUT2D eigenvalue weighted by Crippen LogP contribution is -2.36. The van der Waals surface area contributed by atoms with Crippen molar-refractivity contribution in [2.45, 2.75) is 39.7 Å². The molecule has 1 atom stereocenters. The van der Waals surface area contributed by atoms with Crippen LogP contribution in [-0.2, 0) is 4.74 Å². The van der Waals surface area contributed by atoms with E-state index in [9.17, 15) is 4.79 Å². The molecular formula is C15H20N4O3S. The maximum absolute atomic E-state index is 12.7. The summed E-state index contributed by atoms with van der Waals surface area (Å²) in [5.74, 6) is 1.11. The van der Waals surface area contributed by atoms with Crippen LogP contribution in [0.3, 0.4) is 0 Å². The molecule has 0 aliphatic carbocycles. The fraction of sp³-hybridized carbons (Fsp3) is 0.600. The van der Waals surface area contributed by atoms with E-state index in [1.54, 1.807) is 6.92 Å². The van der Waals surface area contributed by atoms with Crippen LogP contribution in [-0.4, -0.2) is 34.2 Å². The van der Waals surface area contributed by atoms with Crippen molar-refractivity contribution in [3.63, 3.8) is 0 Å². The van der Waals surface area contributed by atoms with E-state index in [0.29, 0.717) is 29.8 Å². The number of nitrogens with one attached hydrogen (secondary N) is 1. The Kier molecular flexibility index (Phi) is 4.72. The third-order valence-corrected chi connectivity index (χ3v) is 5.01. The largest absolute Gasteiger partial charge is 0.381 e. The number of hydrogen-bond acceptors (Lipinski definition) is 7. The van der Waals surface area contributed by atoms with Gasteiger partial charge in [-0.05, 0) is 39.5 Å². The van der Waals surface area contributed by atoms with Crippen LogP contribution in [0.5, 0.6) is 0 Å². The highest BCUT2D eigenvalue weighted by molar-refractivity contribution is 7.13. The van der Waals surface area contributed by atoms with E-state index < -0.39 is 0 Å². The highest BCUT2D eigenvalue weighted by Crippen LogP contribution is 2.30. The molecule has 8 heteroatoms. The molecule has 3 rings (SSSR count).